The van der Waals surface area contributed by atoms with Gasteiger partial charge in [0.05, 0.1) is 23.8 Å². The fourth-order valence-electron chi connectivity index (χ4n) is 2.63. The number of anilines is 1. The van der Waals surface area contributed by atoms with Crippen LogP contribution in [-0.4, -0.2) is 28.6 Å². The number of carboxylic acids is 1. The molecule has 2 N–H and O–H groups in total. The van der Waals surface area contributed by atoms with E-state index < -0.39 is 17.3 Å². The number of rotatable bonds is 3. The van der Waals surface area contributed by atoms with Crippen LogP contribution in [0.2, 0.25) is 0 Å². The van der Waals surface area contributed by atoms with Crippen LogP contribution in [0.15, 0.2) is 12.2 Å². The number of amides is 1. The average Bonchev–Trinajstić information content (AvgIpc) is 2.89. The third-order valence-electron chi connectivity index (χ3n) is 3.93. The molecule has 7 heteroatoms. The van der Waals surface area contributed by atoms with Crippen molar-refractivity contribution >= 4 is 28.3 Å². The number of fused-ring (bicyclic) bond motifs is 1. The van der Waals surface area contributed by atoms with Crippen LogP contribution >= 0.6 is 11.3 Å². The van der Waals surface area contributed by atoms with Crippen molar-refractivity contribution in [1.82, 2.24) is 4.98 Å². The first kappa shape index (κ1) is 14.2. The molecule has 2 aliphatic rings. The van der Waals surface area contributed by atoms with E-state index in [2.05, 4.69) is 10.3 Å². The average molecular weight is 308 g/mol. The van der Waals surface area contributed by atoms with Gasteiger partial charge in [0.15, 0.2) is 10.5 Å². The molecule has 112 valence electrons. The lowest BCUT2D eigenvalue weighted by molar-refractivity contribution is -0.154. The monoisotopic (exact) mass is 308 g/mol. The number of hydrogen-bond acceptors (Lipinski definition) is 5. The molecule has 1 amide bonds. The number of aliphatic carboxylic acids is 1. The first-order valence-electron chi connectivity index (χ1n) is 6.88. The molecule has 1 unspecified atom stereocenters. The Bertz CT molecular complexity index is 587. The smallest absolute Gasteiger partial charge is 0.319 e. The minimum Gasteiger partial charge on any atom is -0.480 e. The third kappa shape index (κ3) is 2.58. The van der Waals surface area contributed by atoms with Crippen molar-refractivity contribution in [1.29, 1.82) is 0 Å². The van der Waals surface area contributed by atoms with E-state index in [4.69, 9.17) is 4.74 Å². The van der Waals surface area contributed by atoms with Crippen LogP contribution in [0.3, 0.4) is 0 Å². The lowest BCUT2D eigenvalue weighted by Crippen LogP contribution is -2.43. The summed E-state index contributed by atoms with van der Waals surface area (Å²) in [6.45, 7) is 1.14. The molecule has 6 nitrogen and oxygen atoms in total. The molecule has 2 heterocycles. The van der Waals surface area contributed by atoms with E-state index in [-0.39, 0.29) is 6.42 Å². The molecule has 1 aliphatic carbocycles. The number of nitrogens with zero attached hydrogens (tertiary/aromatic N) is 1. The van der Waals surface area contributed by atoms with Gasteiger partial charge in [0.1, 0.15) is 0 Å². The summed E-state index contributed by atoms with van der Waals surface area (Å²) in [5.41, 5.74) is -0.438. The van der Waals surface area contributed by atoms with Gasteiger partial charge in [0.2, 0.25) is 5.91 Å². The Hall–Kier alpha value is -1.73. The van der Waals surface area contributed by atoms with Gasteiger partial charge in [-0.15, -0.1) is 0 Å². The maximum atomic E-state index is 12.5. The summed E-state index contributed by atoms with van der Waals surface area (Å²) in [7, 11) is 0. The number of thiazole rings is 1. The van der Waals surface area contributed by atoms with Crippen LogP contribution in [0, 0.1) is 5.41 Å². The molecule has 0 saturated heterocycles. The van der Waals surface area contributed by atoms with Crippen LogP contribution < -0.4 is 5.32 Å². The summed E-state index contributed by atoms with van der Waals surface area (Å²) >= 11 is 1.36. The second-order valence-electron chi connectivity index (χ2n) is 5.25. The molecular formula is C14H16N2O4S. The van der Waals surface area contributed by atoms with Gasteiger partial charge in [0.25, 0.3) is 0 Å². The molecule has 1 aliphatic heterocycles. The van der Waals surface area contributed by atoms with Crippen LogP contribution in [0.1, 0.15) is 29.8 Å². The van der Waals surface area contributed by atoms with E-state index in [1.807, 2.05) is 6.08 Å². The molecule has 0 spiro atoms. The van der Waals surface area contributed by atoms with Gasteiger partial charge in [0, 0.05) is 6.42 Å². The van der Waals surface area contributed by atoms with Crippen LogP contribution in [-0.2, 0) is 27.4 Å². The standard InChI is InChI=1S/C14H16N2O4S/c17-11(14(12(18)19)5-2-1-3-6-14)16-13-15-9-4-7-20-8-10(9)21-13/h1-2H,3-8H2,(H,18,19)(H,15,16,17). The molecule has 0 radical (unpaired) electrons. The topological polar surface area (TPSA) is 88.5 Å². The highest BCUT2D eigenvalue weighted by atomic mass is 32.1. The normalized spacial score (nSPS) is 24.4. The maximum absolute atomic E-state index is 12.5. The van der Waals surface area contributed by atoms with Crippen molar-refractivity contribution in [2.75, 3.05) is 11.9 Å². The van der Waals surface area contributed by atoms with Gasteiger partial charge in [-0.05, 0) is 19.3 Å². The van der Waals surface area contributed by atoms with Crippen molar-refractivity contribution in [2.45, 2.75) is 32.3 Å². The van der Waals surface area contributed by atoms with E-state index in [1.165, 1.54) is 11.3 Å². The van der Waals surface area contributed by atoms with Gasteiger partial charge in [-0.25, -0.2) is 4.98 Å². The summed E-state index contributed by atoms with van der Waals surface area (Å²) in [6, 6.07) is 0. The Morgan fingerprint density at radius 1 is 1.43 bits per heavy atom. The molecule has 0 aromatic carbocycles. The molecule has 1 aromatic heterocycles. The van der Waals surface area contributed by atoms with Crippen molar-refractivity contribution in [3.05, 3.63) is 22.7 Å². The second kappa shape index (κ2) is 5.57. The van der Waals surface area contributed by atoms with E-state index in [1.54, 1.807) is 6.08 Å². The fourth-order valence-corrected chi connectivity index (χ4v) is 3.57. The van der Waals surface area contributed by atoms with Crippen molar-refractivity contribution in [2.24, 2.45) is 5.41 Å². The van der Waals surface area contributed by atoms with Gasteiger partial charge in [-0.3, -0.25) is 9.59 Å². The predicted molar refractivity (Wildman–Crippen MR) is 77.2 cm³/mol. The molecule has 3 rings (SSSR count). The molecule has 1 atom stereocenters. The lowest BCUT2D eigenvalue weighted by atomic mass is 9.76. The zero-order valence-corrected chi connectivity index (χ0v) is 12.2. The summed E-state index contributed by atoms with van der Waals surface area (Å²) in [6.07, 6.45) is 5.55. The molecule has 1 aromatic rings. The molecule has 0 bridgehead atoms. The molecule has 0 fully saturated rings. The molecular weight excluding hydrogens is 292 g/mol. The first-order valence-corrected chi connectivity index (χ1v) is 7.70. The Balaban J connectivity index is 1.80. The van der Waals surface area contributed by atoms with Crippen molar-refractivity contribution < 1.29 is 19.4 Å². The van der Waals surface area contributed by atoms with E-state index >= 15 is 0 Å². The zero-order valence-electron chi connectivity index (χ0n) is 11.4. The predicted octanol–water partition coefficient (Wildman–Crippen LogP) is 1.97. The molecule has 21 heavy (non-hydrogen) atoms. The third-order valence-corrected chi connectivity index (χ3v) is 4.92. The zero-order chi connectivity index (χ0) is 14.9. The van der Waals surface area contributed by atoms with Gasteiger partial charge >= 0.3 is 5.97 Å². The quantitative estimate of drug-likeness (QED) is 0.658. The summed E-state index contributed by atoms with van der Waals surface area (Å²) < 4.78 is 5.34. The van der Waals surface area contributed by atoms with Crippen LogP contribution in [0.5, 0.6) is 0 Å². The second-order valence-corrected chi connectivity index (χ2v) is 6.33. The summed E-state index contributed by atoms with van der Waals surface area (Å²) in [4.78, 5) is 29.4. The van der Waals surface area contributed by atoms with Gasteiger partial charge in [-0.2, -0.15) is 0 Å². The van der Waals surface area contributed by atoms with E-state index in [9.17, 15) is 14.7 Å². The Labute approximate surface area is 125 Å². The summed E-state index contributed by atoms with van der Waals surface area (Å²) in [5.74, 6) is -1.56. The van der Waals surface area contributed by atoms with Crippen molar-refractivity contribution in [3.63, 3.8) is 0 Å². The number of hydrogen-bond donors (Lipinski definition) is 2. The Kier molecular flexibility index (Phi) is 3.77. The SMILES string of the molecule is O=C(O)C1(C(=O)Nc2nc3c(s2)COCC3)CC=CCC1. The fraction of sp³-hybridized carbons (Fsp3) is 0.500. The van der Waals surface area contributed by atoms with Crippen LogP contribution in [0.25, 0.3) is 0 Å². The number of ether oxygens (including phenoxy) is 1. The highest BCUT2D eigenvalue weighted by Crippen LogP contribution is 2.35. The Morgan fingerprint density at radius 3 is 2.95 bits per heavy atom. The first-order chi connectivity index (χ1) is 10.1. The van der Waals surface area contributed by atoms with Gasteiger partial charge < -0.3 is 15.2 Å². The largest absolute Gasteiger partial charge is 0.480 e. The number of carboxylic acid groups (broad SMARTS) is 1. The maximum Gasteiger partial charge on any atom is 0.319 e. The summed E-state index contributed by atoms with van der Waals surface area (Å²) in [5, 5.41) is 12.6. The Morgan fingerprint density at radius 2 is 2.29 bits per heavy atom. The van der Waals surface area contributed by atoms with E-state index in [0.29, 0.717) is 31.2 Å². The number of allylic oxidation sites excluding steroid dienone is 2. The number of nitrogens with one attached hydrogen (secondary N) is 1. The van der Waals surface area contributed by atoms with Gasteiger partial charge in [-0.1, -0.05) is 23.5 Å². The molecule has 0 saturated carbocycles. The van der Waals surface area contributed by atoms with E-state index in [0.717, 1.165) is 17.0 Å². The minimum absolute atomic E-state index is 0.225. The lowest BCUT2D eigenvalue weighted by Gasteiger charge is -2.28. The number of carbonyl (C=O) groups excluding carboxylic acids is 1. The number of carbonyl (C=O) groups is 2. The van der Waals surface area contributed by atoms with Crippen LogP contribution in [0.4, 0.5) is 5.13 Å². The van der Waals surface area contributed by atoms with Crippen molar-refractivity contribution in [3.8, 4) is 0 Å². The minimum atomic E-state index is -1.38. The highest BCUT2D eigenvalue weighted by Gasteiger charge is 2.46. The highest BCUT2D eigenvalue weighted by molar-refractivity contribution is 7.15. The number of aromatic nitrogens is 1.